The first-order chi connectivity index (χ1) is 25.6. The fraction of sp³-hybridized carbons (Fsp3) is 0.421. The number of anilines is 1. The summed E-state index contributed by atoms with van der Waals surface area (Å²) in [5.41, 5.74) is -0.449. The van der Waals surface area contributed by atoms with Crippen molar-refractivity contribution >= 4 is 40.2 Å². The smallest absolute Gasteiger partial charge is 0.377 e. The fourth-order valence-corrected chi connectivity index (χ4v) is 7.41. The molecule has 0 radical (unpaired) electrons. The summed E-state index contributed by atoms with van der Waals surface area (Å²) in [6.45, 7) is 6.62. The van der Waals surface area contributed by atoms with E-state index in [0.29, 0.717) is 29.6 Å². The van der Waals surface area contributed by atoms with Gasteiger partial charge in [0.2, 0.25) is 17.7 Å². The van der Waals surface area contributed by atoms with Crippen molar-refractivity contribution in [2.75, 3.05) is 18.5 Å². The molecular formula is C38H39F3N8O5. The lowest BCUT2D eigenvalue weighted by Gasteiger charge is -2.41. The molecule has 0 unspecified atom stereocenters. The van der Waals surface area contributed by atoms with Gasteiger partial charge < -0.3 is 20.3 Å². The van der Waals surface area contributed by atoms with Crippen LogP contribution in [0.4, 0.5) is 19.0 Å². The third kappa shape index (κ3) is 6.85. The van der Waals surface area contributed by atoms with Gasteiger partial charge in [-0.15, -0.1) is 0 Å². The van der Waals surface area contributed by atoms with Crippen LogP contribution < -0.4 is 10.6 Å². The highest BCUT2D eigenvalue weighted by Crippen LogP contribution is 2.49. The third-order valence-electron chi connectivity index (χ3n) is 10.5. The molecule has 1 saturated heterocycles. The standard InChI is InChI=1S/C38H39F3N8O5/c1-21(50)32-26-14-23(25-16-42-22(2)43-17-25)6-8-27(26)48(47-32)18-31(51)49-28-15-37(12-10-30(37)49)20-44-35(53)36(3,4)11-5-13-54-19-24-7-9-29(38(39,40)41)45-33(24)46-34(28)52/h6-10,12,14,16-17,28,30H,5,11,13,15,18-20H2,1-4H3,(H,44,53)(H,45,46,52)/t28-,30+,37+/m0/s1. The number of carbonyl (C=O) groups is 4. The Morgan fingerprint density at radius 2 is 1.83 bits per heavy atom. The van der Waals surface area contributed by atoms with E-state index < -0.39 is 46.6 Å². The molecule has 1 fully saturated rings. The number of pyridine rings is 1. The summed E-state index contributed by atoms with van der Waals surface area (Å²) in [7, 11) is 0. The van der Waals surface area contributed by atoms with Crippen LogP contribution in [0.2, 0.25) is 0 Å². The van der Waals surface area contributed by atoms with Gasteiger partial charge >= 0.3 is 6.18 Å². The molecule has 0 saturated carbocycles. The first-order valence-corrected chi connectivity index (χ1v) is 17.6. The number of benzene rings is 1. The predicted octanol–water partition coefficient (Wildman–Crippen LogP) is 5.04. The first kappa shape index (κ1) is 36.8. The molecule has 3 aromatic heterocycles. The maximum atomic E-state index is 14.4. The number of carbonyl (C=O) groups excluding carboxylic acids is 4. The monoisotopic (exact) mass is 744 g/mol. The topological polar surface area (TPSA) is 161 Å². The number of fused-ring (bicyclic) bond motifs is 3. The number of halogens is 3. The zero-order valence-electron chi connectivity index (χ0n) is 30.2. The van der Waals surface area contributed by atoms with Crippen molar-refractivity contribution in [2.45, 2.75) is 78.4 Å². The third-order valence-corrected chi connectivity index (χ3v) is 10.5. The van der Waals surface area contributed by atoms with Crippen LogP contribution in [0.3, 0.4) is 0 Å². The molecule has 3 amide bonds. The Morgan fingerprint density at radius 1 is 1.07 bits per heavy atom. The summed E-state index contributed by atoms with van der Waals surface area (Å²) < 4.78 is 48.5. The second-order valence-electron chi connectivity index (χ2n) is 14.8. The van der Waals surface area contributed by atoms with E-state index in [1.165, 1.54) is 22.6 Å². The Balaban J connectivity index is 1.25. The van der Waals surface area contributed by atoms with Crippen molar-refractivity contribution in [1.82, 2.24) is 34.9 Å². The Morgan fingerprint density at radius 3 is 2.52 bits per heavy atom. The molecule has 1 aromatic carbocycles. The fourth-order valence-electron chi connectivity index (χ4n) is 7.41. The predicted molar refractivity (Wildman–Crippen MR) is 190 cm³/mol. The van der Waals surface area contributed by atoms with Gasteiger partial charge in [-0.05, 0) is 49.9 Å². The Bertz CT molecular complexity index is 2200. The minimum Gasteiger partial charge on any atom is -0.377 e. The number of Topliss-reactive ketones (excluding diaryl/α,β-unsaturated/α-hetero) is 1. The normalized spacial score (nSPS) is 22.9. The Labute approximate surface area is 308 Å². The minimum absolute atomic E-state index is 0.0811. The van der Waals surface area contributed by atoms with Gasteiger partial charge in [-0.1, -0.05) is 38.1 Å². The molecule has 2 bridgehead atoms. The van der Waals surface area contributed by atoms with Gasteiger partial charge in [-0.25, -0.2) is 15.0 Å². The lowest BCUT2D eigenvalue weighted by atomic mass is 9.71. The van der Waals surface area contributed by atoms with Gasteiger partial charge in [0.05, 0.1) is 18.2 Å². The van der Waals surface area contributed by atoms with Crippen LogP contribution in [0.5, 0.6) is 0 Å². The molecule has 13 nitrogen and oxygen atoms in total. The van der Waals surface area contributed by atoms with E-state index >= 15 is 0 Å². The second kappa shape index (κ2) is 13.7. The van der Waals surface area contributed by atoms with Crippen molar-refractivity contribution in [3.05, 3.63) is 77.7 Å². The van der Waals surface area contributed by atoms with Gasteiger partial charge in [0.15, 0.2) is 5.78 Å². The molecule has 2 aliphatic heterocycles. The molecule has 7 rings (SSSR count). The minimum atomic E-state index is -4.78. The van der Waals surface area contributed by atoms with E-state index in [1.807, 2.05) is 19.9 Å². The van der Waals surface area contributed by atoms with Gasteiger partial charge in [-0.2, -0.15) is 18.3 Å². The van der Waals surface area contributed by atoms with Crippen LogP contribution in [0.15, 0.2) is 54.9 Å². The molecule has 2 N–H and O–H groups in total. The Hall–Kier alpha value is -5.51. The molecular weight excluding hydrogens is 705 g/mol. The van der Waals surface area contributed by atoms with E-state index in [4.69, 9.17) is 4.74 Å². The quantitative estimate of drug-likeness (QED) is 0.216. The number of ketones is 1. The van der Waals surface area contributed by atoms with Crippen molar-refractivity contribution < 1.29 is 37.1 Å². The average Bonchev–Trinajstić information content (AvgIpc) is 3.58. The van der Waals surface area contributed by atoms with E-state index in [1.54, 1.807) is 43.6 Å². The number of aryl methyl sites for hydroxylation is 1. The van der Waals surface area contributed by atoms with E-state index in [2.05, 4.69) is 30.7 Å². The van der Waals surface area contributed by atoms with Crippen LogP contribution in [0.1, 0.15) is 67.6 Å². The largest absolute Gasteiger partial charge is 0.433 e. The molecule has 1 aliphatic carbocycles. The van der Waals surface area contributed by atoms with Crippen LogP contribution in [0.25, 0.3) is 22.0 Å². The molecule has 54 heavy (non-hydrogen) atoms. The summed E-state index contributed by atoms with van der Waals surface area (Å²) in [6, 6.07) is 5.58. The molecule has 4 aromatic rings. The van der Waals surface area contributed by atoms with Crippen molar-refractivity contribution in [1.29, 1.82) is 0 Å². The number of hydrogen-bond donors (Lipinski definition) is 2. The van der Waals surface area contributed by atoms with Gasteiger partial charge in [0, 0.05) is 59.8 Å². The number of amides is 3. The number of alkyl halides is 3. The summed E-state index contributed by atoms with van der Waals surface area (Å²) in [6.07, 6.45) is 3.26. The maximum Gasteiger partial charge on any atom is 0.433 e. The highest BCUT2D eigenvalue weighted by atomic mass is 19.4. The first-order valence-electron chi connectivity index (χ1n) is 17.6. The van der Waals surface area contributed by atoms with Crippen LogP contribution in [-0.4, -0.2) is 78.4 Å². The number of ether oxygens (including phenoxy) is 1. The summed E-state index contributed by atoms with van der Waals surface area (Å²) in [4.78, 5) is 68.5. The summed E-state index contributed by atoms with van der Waals surface area (Å²) in [5, 5.41) is 10.6. The summed E-state index contributed by atoms with van der Waals surface area (Å²) in [5.74, 6) is -1.50. The van der Waals surface area contributed by atoms with Gasteiger partial charge in [-0.3, -0.25) is 23.9 Å². The summed E-state index contributed by atoms with van der Waals surface area (Å²) >= 11 is 0. The van der Waals surface area contributed by atoms with Crippen LogP contribution in [0, 0.1) is 17.8 Å². The molecule has 3 atom stereocenters. The molecule has 5 heterocycles. The number of nitrogens with zero attached hydrogens (tertiary/aromatic N) is 6. The number of likely N-dealkylation sites (tertiary alicyclic amines) is 1. The Kier molecular flexibility index (Phi) is 9.36. The van der Waals surface area contributed by atoms with E-state index in [9.17, 15) is 32.3 Å². The van der Waals surface area contributed by atoms with Gasteiger partial charge in [0.25, 0.3) is 0 Å². The van der Waals surface area contributed by atoms with Gasteiger partial charge in [0.1, 0.15) is 35.6 Å². The number of hydrogen-bond acceptors (Lipinski definition) is 9. The van der Waals surface area contributed by atoms with Crippen molar-refractivity contribution in [3.63, 3.8) is 0 Å². The second-order valence-corrected chi connectivity index (χ2v) is 14.8. The lowest BCUT2D eigenvalue weighted by molar-refractivity contribution is -0.141. The van der Waals surface area contributed by atoms with Crippen molar-refractivity contribution in [2.24, 2.45) is 10.8 Å². The molecule has 16 heteroatoms. The molecule has 282 valence electrons. The average molecular weight is 745 g/mol. The van der Waals surface area contributed by atoms with Crippen molar-refractivity contribution in [3.8, 4) is 11.1 Å². The molecule has 3 aliphatic rings. The highest BCUT2D eigenvalue weighted by molar-refractivity contribution is 6.06. The zero-order chi connectivity index (χ0) is 38.6. The highest BCUT2D eigenvalue weighted by Gasteiger charge is 2.58. The number of rotatable bonds is 4. The molecule has 1 spiro atoms. The van der Waals surface area contributed by atoms with Crippen LogP contribution in [-0.2, 0) is 38.4 Å². The zero-order valence-corrected chi connectivity index (χ0v) is 30.2. The van der Waals surface area contributed by atoms with Crippen LogP contribution >= 0.6 is 0 Å². The van der Waals surface area contributed by atoms with E-state index in [-0.39, 0.29) is 61.5 Å². The SMILES string of the molecule is CC(=O)c1nn(CC(=O)N2[C@H]3C[C@]4(C=C[C@@H]24)CNC(=O)C(C)(C)CCCOCc2ccc(C(F)(F)F)nc2NC3=O)c2ccc(-c3cnc(C)nc3)cc12. The van der Waals surface area contributed by atoms with E-state index in [0.717, 1.165) is 17.2 Å². The lowest BCUT2D eigenvalue weighted by Crippen LogP contribution is -2.54. The number of nitrogens with one attached hydrogen (secondary N) is 2. The maximum absolute atomic E-state index is 14.4. The number of aromatic nitrogens is 5.